The Balaban J connectivity index is 2.35. The zero-order valence-corrected chi connectivity index (χ0v) is 13.6. The van der Waals surface area contributed by atoms with Gasteiger partial charge >= 0.3 is 5.69 Å². The van der Waals surface area contributed by atoms with Gasteiger partial charge in [0.2, 0.25) is 11.6 Å². The van der Waals surface area contributed by atoms with Crippen molar-refractivity contribution in [2.24, 2.45) is 0 Å². The zero-order valence-electron chi connectivity index (χ0n) is 12.9. The molecule has 23 heavy (non-hydrogen) atoms. The number of pyridine rings is 1. The quantitative estimate of drug-likeness (QED) is 0.611. The summed E-state index contributed by atoms with van der Waals surface area (Å²) >= 11 is 5.78. The molecule has 2 heterocycles. The van der Waals surface area contributed by atoms with E-state index in [9.17, 15) is 10.1 Å². The van der Waals surface area contributed by atoms with E-state index in [0.29, 0.717) is 17.4 Å². The Morgan fingerprint density at radius 1 is 1.35 bits per heavy atom. The molecule has 0 aliphatic heterocycles. The van der Waals surface area contributed by atoms with E-state index in [1.165, 1.54) is 12.5 Å². The first-order chi connectivity index (χ1) is 11.0. The van der Waals surface area contributed by atoms with Gasteiger partial charge in [-0.3, -0.25) is 10.1 Å². The molecule has 0 atom stereocenters. The Morgan fingerprint density at radius 3 is 2.74 bits per heavy atom. The van der Waals surface area contributed by atoms with E-state index in [4.69, 9.17) is 11.6 Å². The summed E-state index contributed by atoms with van der Waals surface area (Å²) in [4.78, 5) is 24.8. The van der Waals surface area contributed by atoms with Crippen LogP contribution in [0.25, 0.3) is 0 Å². The number of hydrogen-bond acceptors (Lipinski definition) is 7. The van der Waals surface area contributed by atoms with Crippen molar-refractivity contribution in [3.63, 3.8) is 0 Å². The van der Waals surface area contributed by atoms with Gasteiger partial charge in [0.05, 0.1) is 9.95 Å². The monoisotopic (exact) mass is 336 g/mol. The van der Waals surface area contributed by atoms with E-state index >= 15 is 0 Å². The number of nitro groups is 1. The number of halogens is 1. The molecule has 8 nitrogen and oxygen atoms in total. The van der Waals surface area contributed by atoms with Crippen molar-refractivity contribution >= 4 is 34.7 Å². The van der Waals surface area contributed by atoms with E-state index in [-0.39, 0.29) is 17.3 Å². The molecule has 122 valence electrons. The van der Waals surface area contributed by atoms with Crippen LogP contribution in [0.4, 0.5) is 23.1 Å². The van der Waals surface area contributed by atoms with Crippen LogP contribution in [-0.2, 0) is 0 Å². The van der Waals surface area contributed by atoms with Crippen LogP contribution in [0.2, 0.25) is 5.02 Å². The van der Waals surface area contributed by atoms with Gasteiger partial charge in [-0.25, -0.2) is 15.0 Å². The van der Waals surface area contributed by atoms with Gasteiger partial charge in [-0.2, -0.15) is 0 Å². The van der Waals surface area contributed by atoms with Gasteiger partial charge in [-0.1, -0.05) is 24.9 Å². The summed E-state index contributed by atoms with van der Waals surface area (Å²) in [7, 11) is 1.77. The van der Waals surface area contributed by atoms with Gasteiger partial charge in [0.1, 0.15) is 12.1 Å². The molecule has 0 amide bonds. The molecule has 9 heteroatoms. The fraction of sp³-hybridized carbons (Fsp3) is 0.357. The van der Waals surface area contributed by atoms with Crippen LogP contribution in [-0.4, -0.2) is 33.5 Å². The Bertz CT molecular complexity index is 679. The van der Waals surface area contributed by atoms with Crippen LogP contribution in [0.1, 0.15) is 19.8 Å². The second kappa shape index (κ2) is 7.68. The Labute approximate surface area is 138 Å². The molecule has 0 unspecified atom stereocenters. The number of nitrogens with zero attached hydrogens (tertiary/aromatic N) is 5. The lowest BCUT2D eigenvalue weighted by Gasteiger charge is -2.18. The van der Waals surface area contributed by atoms with Crippen LogP contribution < -0.4 is 10.2 Å². The van der Waals surface area contributed by atoms with E-state index in [0.717, 1.165) is 12.8 Å². The highest BCUT2D eigenvalue weighted by Gasteiger charge is 2.25. The molecule has 0 aromatic carbocycles. The van der Waals surface area contributed by atoms with Gasteiger partial charge in [0, 0.05) is 19.8 Å². The van der Waals surface area contributed by atoms with Crippen molar-refractivity contribution < 1.29 is 4.92 Å². The molecule has 0 saturated carbocycles. The second-order valence-corrected chi connectivity index (χ2v) is 5.35. The lowest BCUT2D eigenvalue weighted by atomic mass is 10.3. The Hall–Kier alpha value is -2.48. The Morgan fingerprint density at radius 2 is 2.13 bits per heavy atom. The largest absolute Gasteiger partial charge is 0.354 e. The highest BCUT2D eigenvalue weighted by molar-refractivity contribution is 6.30. The normalized spacial score (nSPS) is 10.4. The number of rotatable bonds is 7. The molecular formula is C14H17ClN6O2. The number of hydrogen-bond donors (Lipinski definition) is 1. The lowest BCUT2D eigenvalue weighted by Crippen LogP contribution is -2.21. The van der Waals surface area contributed by atoms with Gasteiger partial charge in [0.25, 0.3) is 0 Å². The molecule has 0 bridgehead atoms. The first kappa shape index (κ1) is 16.9. The molecule has 0 spiro atoms. The predicted molar refractivity (Wildman–Crippen MR) is 89.4 cm³/mol. The van der Waals surface area contributed by atoms with Crippen LogP contribution in [0, 0.1) is 10.1 Å². The molecule has 0 fully saturated rings. The maximum atomic E-state index is 11.5. The van der Waals surface area contributed by atoms with E-state index in [2.05, 4.69) is 27.2 Å². The van der Waals surface area contributed by atoms with Crippen molar-refractivity contribution in [1.82, 2.24) is 15.0 Å². The Kier molecular flexibility index (Phi) is 5.64. The number of nitrogens with one attached hydrogen (secondary N) is 1. The molecular weight excluding hydrogens is 320 g/mol. The van der Waals surface area contributed by atoms with Crippen molar-refractivity contribution in [3.8, 4) is 0 Å². The molecule has 2 rings (SSSR count). The minimum Gasteiger partial charge on any atom is -0.354 e. The minimum atomic E-state index is -0.490. The van der Waals surface area contributed by atoms with Crippen molar-refractivity contribution in [3.05, 3.63) is 39.8 Å². The first-order valence-electron chi connectivity index (χ1n) is 7.12. The first-order valence-corrected chi connectivity index (χ1v) is 7.49. The second-order valence-electron chi connectivity index (χ2n) is 4.91. The molecule has 0 aliphatic carbocycles. The lowest BCUT2D eigenvalue weighted by molar-refractivity contribution is -0.383. The maximum absolute atomic E-state index is 11.5. The molecule has 0 radical (unpaired) electrons. The van der Waals surface area contributed by atoms with Crippen LogP contribution in [0.5, 0.6) is 0 Å². The summed E-state index contributed by atoms with van der Waals surface area (Å²) in [6.07, 6.45) is 4.65. The van der Waals surface area contributed by atoms with E-state index < -0.39 is 4.92 Å². The summed E-state index contributed by atoms with van der Waals surface area (Å²) < 4.78 is 0. The predicted octanol–water partition coefficient (Wildman–Crippen LogP) is 3.41. The summed E-state index contributed by atoms with van der Waals surface area (Å²) in [5.74, 6) is 0.784. The number of aromatic nitrogens is 3. The minimum absolute atomic E-state index is 0.0955. The highest BCUT2D eigenvalue weighted by Crippen LogP contribution is 2.32. The molecule has 2 aromatic heterocycles. The number of unbranched alkanes of at least 4 members (excludes halogenated alkanes) is 1. The van der Waals surface area contributed by atoms with Gasteiger partial charge < -0.3 is 10.2 Å². The average Bonchev–Trinajstić information content (AvgIpc) is 2.54. The number of anilines is 3. The molecule has 1 N–H and O–H groups in total. The van der Waals surface area contributed by atoms with E-state index in [1.807, 2.05) is 0 Å². The van der Waals surface area contributed by atoms with Crippen molar-refractivity contribution in [2.75, 3.05) is 23.8 Å². The summed E-state index contributed by atoms with van der Waals surface area (Å²) in [6, 6.07) is 3.26. The maximum Gasteiger partial charge on any atom is 0.353 e. The standard InChI is InChI=1S/C14H17ClN6O2/c1-3-4-7-20(2)14-12(21(22)23)13(17-9-18-14)19-11-6-5-10(15)8-16-11/h5-6,8-9H,3-4,7H2,1-2H3,(H,16,17,18,19). The fourth-order valence-corrected chi connectivity index (χ4v) is 2.09. The van der Waals surface area contributed by atoms with E-state index in [1.54, 1.807) is 24.1 Å². The van der Waals surface area contributed by atoms with Gasteiger partial charge in [-0.05, 0) is 18.6 Å². The zero-order chi connectivity index (χ0) is 16.8. The third kappa shape index (κ3) is 4.26. The fourth-order valence-electron chi connectivity index (χ4n) is 1.98. The highest BCUT2D eigenvalue weighted by atomic mass is 35.5. The van der Waals surface area contributed by atoms with Crippen LogP contribution in [0.15, 0.2) is 24.7 Å². The topological polar surface area (TPSA) is 97.1 Å². The third-order valence-electron chi connectivity index (χ3n) is 3.17. The van der Waals surface area contributed by atoms with Gasteiger partial charge in [-0.15, -0.1) is 0 Å². The average molecular weight is 337 g/mol. The molecule has 0 aliphatic rings. The third-order valence-corrected chi connectivity index (χ3v) is 3.39. The van der Waals surface area contributed by atoms with Crippen LogP contribution >= 0.6 is 11.6 Å². The SMILES string of the molecule is CCCCN(C)c1ncnc(Nc2ccc(Cl)cn2)c1[N+](=O)[O-]. The van der Waals surface area contributed by atoms with Crippen LogP contribution in [0.3, 0.4) is 0 Å². The smallest absolute Gasteiger partial charge is 0.353 e. The summed E-state index contributed by atoms with van der Waals surface area (Å²) in [6.45, 7) is 2.73. The van der Waals surface area contributed by atoms with Crippen molar-refractivity contribution in [1.29, 1.82) is 0 Å². The molecule has 0 saturated heterocycles. The summed E-state index contributed by atoms with van der Waals surface area (Å²) in [5.41, 5.74) is -0.178. The summed E-state index contributed by atoms with van der Waals surface area (Å²) in [5, 5.41) is 14.8. The van der Waals surface area contributed by atoms with Crippen molar-refractivity contribution in [2.45, 2.75) is 19.8 Å². The van der Waals surface area contributed by atoms with Gasteiger partial charge in [0.15, 0.2) is 0 Å². The molecule has 2 aromatic rings.